The van der Waals surface area contributed by atoms with E-state index in [-0.39, 0.29) is 30.0 Å². The number of ether oxygens (including phenoxy) is 1. The Morgan fingerprint density at radius 2 is 2.05 bits per heavy atom. The molecule has 120 valence electrons. The summed E-state index contributed by atoms with van der Waals surface area (Å²) in [4.78, 5) is 27.2. The van der Waals surface area contributed by atoms with Gasteiger partial charge < -0.3 is 15.0 Å². The fourth-order valence-corrected chi connectivity index (χ4v) is 3.59. The molecule has 0 radical (unpaired) electrons. The smallest absolute Gasteiger partial charge is 0.248 e. The van der Waals surface area contributed by atoms with Gasteiger partial charge in [-0.05, 0) is 45.4 Å². The number of methoxy groups -OCH3 is 1. The molecule has 5 heteroatoms. The van der Waals surface area contributed by atoms with Crippen molar-refractivity contribution in [3.05, 3.63) is 0 Å². The molecule has 1 heterocycles. The number of carbonyl (C=O) groups excluding carboxylic acids is 2. The zero-order valence-electron chi connectivity index (χ0n) is 13.6. The van der Waals surface area contributed by atoms with E-state index >= 15 is 0 Å². The molecule has 0 spiro atoms. The summed E-state index contributed by atoms with van der Waals surface area (Å²) in [6, 6.07) is -0.212. The third kappa shape index (κ3) is 2.93. The summed E-state index contributed by atoms with van der Waals surface area (Å²) in [7, 11) is 1.73. The van der Waals surface area contributed by atoms with Crippen molar-refractivity contribution in [1.82, 2.24) is 10.2 Å². The molecule has 4 unspecified atom stereocenters. The molecule has 1 N–H and O–H groups in total. The van der Waals surface area contributed by atoms with E-state index in [2.05, 4.69) is 5.32 Å². The van der Waals surface area contributed by atoms with E-state index in [0.29, 0.717) is 12.8 Å². The second kappa shape index (κ2) is 6.34. The van der Waals surface area contributed by atoms with E-state index in [0.717, 1.165) is 25.7 Å². The summed E-state index contributed by atoms with van der Waals surface area (Å²) in [6.45, 7) is 5.75. The SMILES string of the molecule is CCC1C(=O)NC(C)(CC)C(=O)N1C1CCCC(OC)C1. The van der Waals surface area contributed by atoms with E-state index in [4.69, 9.17) is 4.74 Å². The average molecular weight is 296 g/mol. The molecular weight excluding hydrogens is 268 g/mol. The molecule has 2 fully saturated rings. The highest BCUT2D eigenvalue weighted by molar-refractivity contribution is 5.99. The molecular formula is C16H28N2O3. The average Bonchev–Trinajstić information content (AvgIpc) is 2.50. The second-order valence-corrected chi connectivity index (χ2v) is 6.49. The highest BCUT2D eigenvalue weighted by atomic mass is 16.5. The first-order valence-corrected chi connectivity index (χ1v) is 8.14. The normalized spacial score (nSPS) is 37.5. The molecule has 2 aliphatic rings. The number of hydrogen-bond acceptors (Lipinski definition) is 3. The van der Waals surface area contributed by atoms with Gasteiger partial charge >= 0.3 is 0 Å². The van der Waals surface area contributed by atoms with Crippen LogP contribution in [0.1, 0.15) is 59.3 Å². The van der Waals surface area contributed by atoms with E-state index in [1.807, 2.05) is 25.7 Å². The molecule has 1 saturated carbocycles. The summed E-state index contributed by atoms with van der Waals surface area (Å²) in [5.41, 5.74) is -0.761. The summed E-state index contributed by atoms with van der Waals surface area (Å²) in [6.07, 6.45) is 5.38. The number of amides is 2. The zero-order valence-corrected chi connectivity index (χ0v) is 13.6. The van der Waals surface area contributed by atoms with Crippen LogP contribution in [-0.2, 0) is 14.3 Å². The van der Waals surface area contributed by atoms with Gasteiger partial charge in [0.1, 0.15) is 11.6 Å². The van der Waals surface area contributed by atoms with Crippen LogP contribution in [0.15, 0.2) is 0 Å². The lowest BCUT2D eigenvalue weighted by molar-refractivity contribution is -0.159. The fraction of sp³-hybridized carbons (Fsp3) is 0.875. The fourth-order valence-electron chi connectivity index (χ4n) is 3.59. The molecule has 0 aromatic carbocycles. The highest BCUT2D eigenvalue weighted by Crippen LogP contribution is 2.32. The van der Waals surface area contributed by atoms with E-state index in [1.54, 1.807) is 7.11 Å². The third-order valence-electron chi connectivity index (χ3n) is 5.16. The van der Waals surface area contributed by atoms with E-state index < -0.39 is 5.54 Å². The van der Waals surface area contributed by atoms with Gasteiger partial charge in [0.15, 0.2) is 0 Å². The number of hydrogen-bond donors (Lipinski definition) is 1. The van der Waals surface area contributed by atoms with Crippen LogP contribution in [0.5, 0.6) is 0 Å². The molecule has 4 atom stereocenters. The predicted octanol–water partition coefficient (Wildman–Crippen LogP) is 1.85. The Kier molecular flexibility index (Phi) is 4.91. The standard InChI is InChI=1S/C16H28N2O3/c1-5-13-14(19)17-16(3,6-2)15(20)18(13)11-8-7-9-12(10-11)21-4/h11-13H,5-10H2,1-4H3,(H,17,19). The summed E-state index contributed by atoms with van der Waals surface area (Å²) < 4.78 is 5.48. The van der Waals surface area contributed by atoms with Crippen molar-refractivity contribution in [1.29, 1.82) is 0 Å². The Labute approximate surface area is 127 Å². The minimum absolute atomic E-state index is 0.0130. The summed E-state index contributed by atoms with van der Waals surface area (Å²) in [5, 5.41) is 2.93. The largest absolute Gasteiger partial charge is 0.381 e. The topological polar surface area (TPSA) is 58.6 Å². The van der Waals surface area contributed by atoms with Gasteiger partial charge in [0, 0.05) is 13.2 Å². The zero-order chi connectivity index (χ0) is 15.6. The van der Waals surface area contributed by atoms with Crippen LogP contribution >= 0.6 is 0 Å². The van der Waals surface area contributed by atoms with E-state index in [1.165, 1.54) is 0 Å². The number of nitrogens with zero attached hydrogens (tertiary/aromatic N) is 1. The molecule has 1 saturated heterocycles. The van der Waals surface area contributed by atoms with Gasteiger partial charge in [-0.2, -0.15) is 0 Å². The van der Waals surface area contributed by atoms with Crippen molar-refractivity contribution >= 4 is 11.8 Å². The van der Waals surface area contributed by atoms with Crippen molar-refractivity contribution in [3.8, 4) is 0 Å². The minimum atomic E-state index is -0.761. The van der Waals surface area contributed by atoms with Gasteiger partial charge in [0.05, 0.1) is 6.10 Å². The molecule has 0 bridgehead atoms. The molecule has 2 rings (SSSR count). The van der Waals surface area contributed by atoms with Crippen LogP contribution in [0.4, 0.5) is 0 Å². The minimum Gasteiger partial charge on any atom is -0.381 e. The molecule has 1 aliphatic heterocycles. The first kappa shape index (κ1) is 16.3. The maximum Gasteiger partial charge on any atom is 0.248 e. The van der Waals surface area contributed by atoms with E-state index in [9.17, 15) is 9.59 Å². The van der Waals surface area contributed by atoms with Crippen LogP contribution in [0.3, 0.4) is 0 Å². The number of piperazine rings is 1. The lowest BCUT2D eigenvalue weighted by Crippen LogP contribution is -2.71. The van der Waals surface area contributed by atoms with Gasteiger partial charge in [-0.15, -0.1) is 0 Å². The number of nitrogens with one attached hydrogen (secondary N) is 1. The summed E-state index contributed by atoms with van der Waals surface area (Å²) in [5.74, 6) is 0.0548. The molecule has 1 aliphatic carbocycles. The number of carbonyl (C=O) groups is 2. The van der Waals surface area contributed by atoms with Crippen molar-refractivity contribution in [2.45, 2.75) is 83.0 Å². The van der Waals surface area contributed by atoms with Crippen molar-refractivity contribution in [2.24, 2.45) is 0 Å². The highest BCUT2D eigenvalue weighted by Gasteiger charge is 2.49. The van der Waals surface area contributed by atoms with Crippen molar-refractivity contribution < 1.29 is 14.3 Å². The maximum atomic E-state index is 13.0. The Hall–Kier alpha value is -1.10. The van der Waals surface area contributed by atoms with Gasteiger partial charge in [0.2, 0.25) is 11.8 Å². The quantitative estimate of drug-likeness (QED) is 0.861. The molecule has 5 nitrogen and oxygen atoms in total. The third-order valence-corrected chi connectivity index (χ3v) is 5.16. The van der Waals surface area contributed by atoms with Crippen LogP contribution in [0.2, 0.25) is 0 Å². The monoisotopic (exact) mass is 296 g/mol. The predicted molar refractivity (Wildman–Crippen MR) is 80.8 cm³/mol. The van der Waals surface area contributed by atoms with Gasteiger partial charge in [-0.25, -0.2) is 0 Å². The van der Waals surface area contributed by atoms with Crippen LogP contribution in [0.25, 0.3) is 0 Å². The Bertz CT molecular complexity index is 412. The molecule has 2 amide bonds. The van der Waals surface area contributed by atoms with Crippen LogP contribution < -0.4 is 5.32 Å². The van der Waals surface area contributed by atoms with Gasteiger partial charge in [0.25, 0.3) is 0 Å². The van der Waals surface area contributed by atoms with Crippen molar-refractivity contribution in [3.63, 3.8) is 0 Å². The van der Waals surface area contributed by atoms with Crippen molar-refractivity contribution in [2.75, 3.05) is 7.11 Å². The first-order chi connectivity index (χ1) is 9.96. The molecule has 0 aromatic heterocycles. The lowest BCUT2D eigenvalue weighted by atomic mass is 9.85. The first-order valence-electron chi connectivity index (χ1n) is 8.14. The lowest BCUT2D eigenvalue weighted by Gasteiger charge is -2.49. The van der Waals surface area contributed by atoms with Crippen LogP contribution in [0, 0.1) is 0 Å². The van der Waals surface area contributed by atoms with Gasteiger partial charge in [-0.1, -0.05) is 13.8 Å². The molecule has 0 aromatic rings. The second-order valence-electron chi connectivity index (χ2n) is 6.49. The maximum absolute atomic E-state index is 13.0. The summed E-state index contributed by atoms with van der Waals surface area (Å²) >= 11 is 0. The van der Waals surface area contributed by atoms with Crippen LogP contribution in [-0.4, -0.2) is 47.6 Å². The van der Waals surface area contributed by atoms with Gasteiger partial charge in [-0.3, -0.25) is 9.59 Å². The molecule has 21 heavy (non-hydrogen) atoms. The number of rotatable bonds is 4. The Morgan fingerprint density at radius 3 is 2.62 bits per heavy atom. The Balaban J connectivity index is 2.27. The Morgan fingerprint density at radius 1 is 1.33 bits per heavy atom.